The molecule has 0 fully saturated rings. The van der Waals surface area contributed by atoms with Gasteiger partial charge >= 0.3 is 11.9 Å². The summed E-state index contributed by atoms with van der Waals surface area (Å²) in [6.45, 7) is 14.2. The van der Waals surface area contributed by atoms with E-state index in [2.05, 4.69) is 10.6 Å². The Kier molecular flexibility index (Phi) is 13.6. The summed E-state index contributed by atoms with van der Waals surface area (Å²) >= 11 is 0. The Labute approximate surface area is 265 Å². The van der Waals surface area contributed by atoms with Gasteiger partial charge in [-0.15, -0.1) is 17.0 Å². The lowest BCUT2D eigenvalue weighted by Crippen LogP contribution is -2.51. The average Bonchev–Trinajstić information content (AvgIpc) is 2.90. The summed E-state index contributed by atoms with van der Waals surface area (Å²) in [7, 11) is 1.57. The second kappa shape index (κ2) is 15.4. The van der Waals surface area contributed by atoms with Crippen LogP contribution in [-0.2, 0) is 14.4 Å². The number of esters is 2. The minimum Gasteiger partial charge on any atom is -0.422 e. The van der Waals surface area contributed by atoms with Crippen LogP contribution in [0.2, 0.25) is 0 Å². The standard InChI is InChI=1S/C32H45N3O7.BrH/c1-30(2,3)28(39)41-24-16-15-22(17-25(24)42-29(40)31(4,5)6)23(36)18-34-32(7,8)20-33-26(37)19-35(9)27(38)21-13-11-10-12-14-21;/h10-17,23,34,36H,18-20H2,1-9H3,(H,33,37);1H. The van der Waals surface area contributed by atoms with Crippen molar-refractivity contribution in [3.05, 3.63) is 59.7 Å². The van der Waals surface area contributed by atoms with Gasteiger partial charge in [-0.25, -0.2) is 0 Å². The molecule has 2 aromatic rings. The number of hydrogen-bond donors (Lipinski definition) is 3. The van der Waals surface area contributed by atoms with Crippen molar-refractivity contribution in [2.24, 2.45) is 10.8 Å². The number of carbonyl (C=O) groups is 4. The van der Waals surface area contributed by atoms with E-state index in [1.54, 1.807) is 78.9 Å². The van der Waals surface area contributed by atoms with E-state index in [1.165, 1.54) is 17.0 Å². The Bertz CT molecular complexity index is 1270. The van der Waals surface area contributed by atoms with Gasteiger partial charge in [0.15, 0.2) is 11.5 Å². The molecule has 2 aromatic carbocycles. The molecule has 1 unspecified atom stereocenters. The maximum Gasteiger partial charge on any atom is 0.316 e. The lowest BCUT2D eigenvalue weighted by atomic mass is 9.97. The minimum atomic E-state index is -1.01. The summed E-state index contributed by atoms with van der Waals surface area (Å²) in [6, 6.07) is 13.3. The van der Waals surface area contributed by atoms with Crippen molar-refractivity contribution in [1.29, 1.82) is 0 Å². The molecule has 0 bridgehead atoms. The molecular weight excluding hydrogens is 618 g/mol. The number of benzene rings is 2. The molecular formula is C32H46BrN3O7. The number of nitrogens with one attached hydrogen (secondary N) is 2. The first-order valence-electron chi connectivity index (χ1n) is 13.9. The van der Waals surface area contributed by atoms with Crippen LogP contribution in [0.1, 0.15) is 77.4 Å². The average molecular weight is 665 g/mol. The molecule has 1 atom stereocenters. The third kappa shape index (κ3) is 12.1. The largest absolute Gasteiger partial charge is 0.422 e. The molecule has 43 heavy (non-hydrogen) atoms. The molecule has 10 nitrogen and oxygen atoms in total. The summed E-state index contributed by atoms with van der Waals surface area (Å²) in [5, 5.41) is 17.0. The first-order chi connectivity index (χ1) is 19.3. The van der Waals surface area contributed by atoms with Gasteiger partial charge in [0.05, 0.1) is 23.5 Å². The van der Waals surface area contributed by atoms with E-state index >= 15 is 0 Å². The van der Waals surface area contributed by atoms with Crippen LogP contribution in [-0.4, -0.2) is 66.0 Å². The van der Waals surface area contributed by atoms with E-state index in [0.29, 0.717) is 11.1 Å². The maximum absolute atomic E-state index is 12.6. The van der Waals surface area contributed by atoms with Crippen molar-refractivity contribution in [3.63, 3.8) is 0 Å². The molecule has 3 N–H and O–H groups in total. The fourth-order valence-corrected chi connectivity index (χ4v) is 3.42. The first-order valence-corrected chi connectivity index (χ1v) is 13.9. The van der Waals surface area contributed by atoms with E-state index in [-0.39, 0.29) is 59.9 Å². The topological polar surface area (TPSA) is 134 Å². The number of halogens is 1. The zero-order valence-corrected chi connectivity index (χ0v) is 28.3. The van der Waals surface area contributed by atoms with E-state index in [9.17, 15) is 24.3 Å². The highest BCUT2D eigenvalue weighted by molar-refractivity contribution is 8.93. The van der Waals surface area contributed by atoms with Gasteiger partial charge in [-0.3, -0.25) is 19.2 Å². The van der Waals surface area contributed by atoms with Gasteiger partial charge in [0, 0.05) is 31.2 Å². The maximum atomic E-state index is 12.6. The van der Waals surface area contributed by atoms with Crippen LogP contribution in [0.3, 0.4) is 0 Å². The van der Waals surface area contributed by atoms with Crippen molar-refractivity contribution in [1.82, 2.24) is 15.5 Å². The van der Waals surface area contributed by atoms with Crippen molar-refractivity contribution in [2.45, 2.75) is 67.0 Å². The molecule has 11 heteroatoms. The Morgan fingerprint density at radius 1 is 0.837 bits per heavy atom. The van der Waals surface area contributed by atoms with E-state index < -0.39 is 34.4 Å². The highest BCUT2D eigenvalue weighted by Crippen LogP contribution is 2.34. The van der Waals surface area contributed by atoms with Crippen LogP contribution in [0.25, 0.3) is 0 Å². The lowest BCUT2D eigenvalue weighted by Gasteiger charge is -2.29. The number of nitrogens with zero attached hydrogens (tertiary/aromatic N) is 1. The number of ether oxygens (including phenoxy) is 2. The molecule has 238 valence electrons. The summed E-state index contributed by atoms with van der Waals surface area (Å²) < 4.78 is 11.1. The molecule has 0 aliphatic rings. The van der Waals surface area contributed by atoms with Crippen LogP contribution in [0.5, 0.6) is 11.5 Å². The normalized spacial score (nSPS) is 12.4. The molecule has 0 aromatic heterocycles. The SMILES string of the molecule is Br.CN(CC(=O)NCC(C)(C)NCC(O)c1ccc(OC(=O)C(C)(C)C)c(OC(=O)C(C)(C)C)c1)C(=O)c1ccccc1. The molecule has 0 heterocycles. The van der Waals surface area contributed by atoms with Crippen molar-refractivity contribution < 1.29 is 33.8 Å². The van der Waals surface area contributed by atoms with Crippen molar-refractivity contribution >= 4 is 40.7 Å². The predicted molar refractivity (Wildman–Crippen MR) is 170 cm³/mol. The number of aliphatic hydroxyl groups is 1. The summed E-state index contributed by atoms with van der Waals surface area (Å²) in [5.41, 5.74) is -1.25. The molecule has 0 radical (unpaired) electrons. The second-order valence-corrected chi connectivity index (χ2v) is 13.1. The molecule has 2 amide bonds. The Hall–Kier alpha value is -3.28. The minimum absolute atomic E-state index is 0. The Morgan fingerprint density at radius 3 is 1.91 bits per heavy atom. The molecule has 0 saturated carbocycles. The number of aliphatic hydroxyl groups excluding tert-OH is 1. The molecule has 2 rings (SSSR count). The number of β-amino-alcohol motifs (C(OH)–C–C–N with tert-alkyl or cyclic N) is 1. The van der Waals surface area contributed by atoms with Gasteiger partial charge < -0.3 is 30.1 Å². The fourth-order valence-electron chi connectivity index (χ4n) is 3.42. The quantitative estimate of drug-likeness (QED) is 0.237. The highest BCUT2D eigenvalue weighted by Gasteiger charge is 2.29. The summed E-state index contributed by atoms with van der Waals surface area (Å²) in [5.74, 6) is -1.47. The monoisotopic (exact) mass is 663 g/mol. The van der Waals surface area contributed by atoms with Crippen LogP contribution in [0, 0.1) is 10.8 Å². The van der Waals surface area contributed by atoms with Gasteiger partial charge in [-0.2, -0.15) is 0 Å². The second-order valence-electron chi connectivity index (χ2n) is 13.1. The van der Waals surface area contributed by atoms with Crippen molar-refractivity contribution in [2.75, 3.05) is 26.7 Å². The number of likely N-dealkylation sites (N-methyl/N-ethyl adjacent to an activating group) is 1. The van der Waals surface area contributed by atoms with E-state index in [1.807, 2.05) is 19.9 Å². The zero-order chi connectivity index (χ0) is 31.9. The van der Waals surface area contributed by atoms with Gasteiger partial charge in [0.2, 0.25) is 5.91 Å². The predicted octanol–water partition coefficient (Wildman–Crippen LogP) is 4.46. The van der Waals surface area contributed by atoms with Crippen LogP contribution in [0.15, 0.2) is 48.5 Å². The molecule has 0 aliphatic heterocycles. The Morgan fingerprint density at radius 2 is 1.37 bits per heavy atom. The summed E-state index contributed by atoms with van der Waals surface area (Å²) in [6.07, 6.45) is -1.01. The smallest absolute Gasteiger partial charge is 0.316 e. The summed E-state index contributed by atoms with van der Waals surface area (Å²) in [4.78, 5) is 51.5. The molecule has 0 saturated heterocycles. The van der Waals surface area contributed by atoms with E-state index in [0.717, 1.165) is 0 Å². The first kappa shape index (κ1) is 37.7. The number of amides is 2. The highest BCUT2D eigenvalue weighted by atomic mass is 79.9. The van der Waals surface area contributed by atoms with E-state index in [4.69, 9.17) is 9.47 Å². The fraction of sp³-hybridized carbons (Fsp3) is 0.500. The van der Waals surface area contributed by atoms with Gasteiger partial charge in [0.1, 0.15) is 0 Å². The number of carbonyl (C=O) groups excluding carboxylic acids is 4. The van der Waals surface area contributed by atoms with Gasteiger partial charge in [-0.1, -0.05) is 24.3 Å². The lowest BCUT2D eigenvalue weighted by molar-refractivity contribution is -0.145. The van der Waals surface area contributed by atoms with Gasteiger partial charge in [0.25, 0.3) is 5.91 Å². The van der Waals surface area contributed by atoms with Crippen LogP contribution >= 0.6 is 17.0 Å². The van der Waals surface area contributed by atoms with Crippen LogP contribution < -0.4 is 20.1 Å². The van der Waals surface area contributed by atoms with Crippen molar-refractivity contribution in [3.8, 4) is 11.5 Å². The molecule has 0 aliphatic carbocycles. The Balaban J connectivity index is 0.00000924. The zero-order valence-electron chi connectivity index (χ0n) is 26.6. The molecule has 0 spiro atoms. The number of hydrogen-bond acceptors (Lipinski definition) is 8. The van der Waals surface area contributed by atoms with Gasteiger partial charge in [-0.05, 0) is 85.2 Å². The third-order valence-electron chi connectivity index (χ3n) is 6.23. The number of rotatable bonds is 11. The third-order valence-corrected chi connectivity index (χ3v) is 6.23. The van der Waals surface area contributed by atoms with Crippen LogP contribution in [0.4, 0.5) is 0 Å².